The molecule has 1 amide bonds. The van der Waals surface area contributed by atoms with Gasteiger partial charge in [-0.25, -0.2) is 0 Å². The van der Waals surface area contributed by atoms with E-state index in [0.29, 0.717) is 5.41 Å². The number of nitrogens with one attached hydrogen (secondary N) is 1. The van der Waals surface area contributed by atoms with E-state index in [1.54, 1.807) is 0 Å². The number of hydrogen-bond donors (Lipinski definition) is 1. The number of amides is 1. The lowest BCUT2D eigenvalue weighted by molar-refractivity contribution is 0.0891. The Morgan fingerprint density at radius 2 is 2.00 bits per heavy atom. The summed E-state index contributed by atoms with van der Waals surface area (Å²) in [5.41, 5.74) is 2.27. The first-order valence-electron chi connectivity index (χ1n) is 6.06. The molecule has 0 spiro atoms. The summed E-state index contributed by atoms with van der Waals surface area (Å²) in [6.07, 6.45) is 3.76. The molecule has 0 aromatic heterocycles. The molecule has 1 aliphatic carbocycles. The van der Waals surface area contributed by atoms with E-state index in [9.17, 15) is 4.79 Å². The van der Waals surface area contributed by atoms with Crippen LogP contribution in [0.4, 0.5) is 0 Å². The van der Waals surface area contributed by atoms with E-state index in [1.807, 2.05) is 24.3 Å². The van der Waals surface area contributed by atoms with E-state index in [-0.39, 0.29) is 5.91 Å². The van der Waals surface area contributed by atoms with Crippen LogP contribution in [0.2, 0.25) is 0 Å². The third kappa shape index (κ3) is 3.09. The van der Waals surface area contributed by atoms with Crippen molar-refractivity contribution in [3.8, 4) is 0 Å². The Balaban J connectivity index is 1.90. The molecule has 0 heterocycles. The van der Waals surface area contributed by atoms with Gasteiger partial charge in [-0.15, -0.1) is 0 Å². The Morgan fingerprint density at radius 1 is 1.35 bits per heavy atom. The molecule has 1 saturated carbocycles. The third-order valence-electron chi connectivity index (χ3n) is 3.61. The number of halogens is 1. The molecule has 3 heteroatoms. The van der Waals surface area contributed by atoms with Gasteiger partial charge in [-0.2, -0.15) is 0 Å². The molecule has 1 aliphatic rings. The molecular weight excluding hydrogens is 278 g/mol. The van der Waals surface area contributed by atoms with Gasteiger partial charge >= 0.3 is 0 Å². The molecule has 0 atom stereocenters. The number of rotatable bonds is 4. The molecular formula is C14H18BrNO. The summed E-state index contributed by atoms with van der Waals surface area (Å²) in [5.74, 6) is 0.0410. The van der Waals surface area contributed by atoms with Gasteiger partial charge in [0.1, 0.15) is 0 Å². The van der Waals surface area contributed by atoms with Crippen LogP contribution in [0.5, 0.6) is 0 Å². The zero-order valence-corrected chi connectivity index (χ0v) is 11.7. The van der Waals surface area contributed by atoms with Gasteiger partial charge in [-0.05, 0) is 36.0 Å². The van der Waals surface area contributed by atoms with Gasteiger partial charge in [0.05, 0.1) is 0 Å². The first-order valence-corrected chi connectivity index (χ1v) is 7.18. The topological polar surface area (TPSA) is 29.1 Å². The van der Waals surface area contributed by atoms with E-state index in [4.69, 9.17) is 0 Å². The molecule has 2 rings (SSSR count). The van der Waals surface area contributed by atoms with Crippen LogP contribution in [0.25, 0.3) is 0 Å². The van der Waals surface area contributed by atoms with Crippen LogP contribution in [0, 0.1) is 5.41 Å². The minimum atomic E-state index is 0.0410. The summed E-state index contributed by atoms with van der Waals surface area (Å²) in [6.45, 7) is 3.04. The van der Waals surface area contributed by atoms with E-state index in [2.05, 4.69) is 28.2 Å². The normalized spacial score (nSPS) is 17.3. The molecule has 0 radical (unpaired) electrons. The van der Waals surface area contributed by atoms with Crippen molar-refractivity contribution >= 4 is 21.8 Å². The summed E-state index contributed by atoms with van der Waals surface area (Å²) < 4.78 is 0. The summed E-state index contributed by atoms with van der Waals surface area (Å²) in [6, 6.07) is 7.73. The molecule has 2 nitrogen and oxygen atoms in total. The minimum absolute atomic E-state index is 0.0410. The largest absolute Gasteiger partial charge is 0.351 e. The van der Waals surface area contributed by atoms with E-state index < -0.39 is 0 Å². The van der Waals surface area contributed by atoms with Crippen molar-refractivity contribution in [3.63, 3.8) is 0 Å². The van der Waals surface area contributed by atoms with Crippen LogP contribution in [-0.2, 0) is 5.33 Å². The zero-order valence-electron chi connectivity index (χ0n) is 10.1. The molecule has 1 aromatic rings. The second kappa shape index (κ2) is 5.21. The molecule has 1 aromatic carbocycles. The predicted octanol–water partition coefficient (Wildman–Crippen LogP) is 3.50. The van der Waals surface area contributed by atoms with Gasteiger partial charge in [-0.3, -0.25) is 4.79 Å². The average molecular weight is 296 g/mol. The highest BCUT2D eigenvalue weighted by Gasteiger charge is 2.31. The average Bonchev–Trinajstić information content (AvgIpc) is 2.33. The highest BCUT2D eigenvalue weighted by atomic mass is 79.9. The molecule has 92 valence electrons. The second-order valence-corrected chi connectivity index (χ2v) is 5.74. The lowest BCUT2D eigenvalue weighted by atomic mass is 9.70. The molecule has 1 fully saturated rings. The number of carbonyl (C=O) groups is 1. The summed E-state index contributed by atoms with van der Waals surface area (Å²) in [4.78, 5) is 11.9. The molecule has 0 bridgehead atoms. The van der Waals surface area contributed by atoms with Gasteiger partial charge < -0.3 is 5.32 Å². The van der Waals surface area contributed by atoms with Crippen molar-refractivity contribution in [1.29, 1.82) is 0 Å². The first kappa shape index (κ1) is 12.6. The van der Waals surface area contributed by atoms with Gasteiger partial charge in [0.15, 0.2) is 0 Å². The monoisotopic (exact) mass is 295 g/mol. The quantitative estimate of drug-likeness (QED) is 0.847. The molecule has 0 aliphatic heterocycles. The van der Waals surface area contributed by atoms with Crippen molar-refractivity contribution in [3.05, 3.63) is 35.4 Å². The number of alkyl halides is 1. The first-order chi connectivity index (χ1) is 8.13. The van der Waals surface area contributed by atoms with Crippen LogP contribution < -0.4 is 5.32 Å². The summed E-state index contributed by atoms with van der Waals surface area (Å²) >= 11 is 3.39. The van der Waals surface area contributed by atoms with Crippen LogP contribution in [-0.4, -0.2) is 12.5 Å². The van der Waals surface area contributed by atoms with Crippen molar-refractivity contribution in [1.82, 2.24) is 5.32 Å². The smallest absolute Gasteiger partial charge is 0.251 e. The van der Waals surface area contributed by atoms with Crippen molar-refractivity contribution in [2.75, 3.05) is 6.54 Å². The number of benzene rings is 1. The molecule has 0 saturated heterocycles. The lowest BCUT2D eigenvalue weighted by Gasteiger charge is -2.38. The van der Waals surface area contributed by atoms with Crippen molar-refractivity contribution < 1.29 is 4.79 Å². The Labute approximate surface area is 111 Å². The fraction of sp³-hybridized carbons (Fsp3) is 0.500. The molecule has 0 unspecified atom stereocenters. The van der Waals surface area contributed by atoms with Gasteiger partial charge in [-0.1, -0.05) is 41.4 Å². The minimum Gasteiger partial charge on any atom is -0.351 e. The van der Waals surface area contributed by atoms with E-state index in [0.717, 1.165) is 17.4 Å². The molecule has 17 heavy (non-hydrogen) atoms. The predicted molar refractivity (Wildman–Crippen MR) is 73.4 cm³/mol. The van der Waals surface area contributed by atoms with Gasteiger partial charge in [0, 0.05) is 17.4 Å². The van der Waals surface area contributed by atoms with E-state index >= 15 is 0 Å². The fourth-order valence-electron chi connectivity index (χ4n) is 2.10. The standard InChI is InChI=1S/C14H18BrNO/c1-14(7-2-8-14)10-16-13(17)12-5-3-11(9-15)4-6-12/h3-6H,2,7-10H2,1H3,(H,16,17). The van der Waals surface area contributed by atoms with Crippen LogP contribution in [0.15, 0.2) is 24.3 Å². The fourth-order valence-corrected chi connectivity index (χ4v) is 2.47. The zero-order chi connectivity index (χ0) is 12.3. The Morgan fingerprint density at radius 3 is 2.47 bits per heavy atom. The Kier molecular flexibility index (Phi) is 3.87. The van der Waals surface area contributed by atoms with E-state index in [1.165, 1.54) is 24.8 Å². The van der Waals surface area contributed by atoms with Crippen LogP contribution in [0.1, 0.15) is 42.1 Å². The Bertz CT molecular complexity index is 395. The maximum Gasteiger partial charge on any atom is 0.251 e. The number of hydrogen-bond acceptors (Lipinski definition) is 1. The van der Waals surface area contributed by atoms with Crippen LogP contribution >= 0.6 is 15.9 Å². The van der Waals surface area contributed by atoms with Crippen LogP contribution in [0.3, 0.4) is 0 Å². The van der Waals surface area contributed by atoms with Gasteiger partial charge in [0.25, 0.3) is 5.91 Å². The van der Waals surface area contributed by atoms with Gasteiger partial charge in [0.2, 0.25) is 0 Å². The second-order valence-electron chi connectivity index (χ2n) is 5.18. The summed E-state index contributed by atoms with van der Waals surface area (Å²) in [5, 5.41) is 3.85. The highest BCUT2D eigenvalue weighted by molar-refractivity contribution is 9.08. The third-order valence-corrected chi connectivity index (χ3v) is 4.25. The maximum absolute atomic E-state index is 11.9. The maximum atomic E-state index is 11.9. The molecule has 1 N–H and O–H groups in total. The highest BCUT2D eigenvalue weighted by Crippen LogP contribution is 2.39. The van der Waals surface area contributed by atoms with Crippen molar-refractivity contribution in [2.45, 2.75) is 31.5 Å². The SMILES string of the molecule is CC1(CNC(=O)c2ccc(CBr)cc2)CCC1. The van der Waals surface area contributed by atoms with Crippen molar-refractivity contribution in [2.24, 2.45) is 5.41 Å². The summed E-state index contributed by atoms with van der Waals surface area (Å²) in [7, 11) is 0. The number of carbonyl (C=O) groups excluding carboxylic acids is 1. The lowest BCUT2D eigenvalue weighted by Crippen LogP contribution is -2.39. The Hall–Kier alpha value is -0.830.